The number of nitrogens with zero attached hydrogens (tertiary/aromatic N) is 2. The van der Waals surface area contributed by atoms with Gasteiger partial charge in [-0.05, 0) is 24.3 Å². The second-order valence-electron chi connectivity index (χ2n) is 5.43. The zero-order valence-electron chi connectivity index (χ0n) is 12.8. The smallest absolute Gasteiger partial charge is 0.253 e. The molecule has 0 saturated carbocycles. The molecule has 6 nitrogen and oxygen atoms in total. The SMILES string of the molecule is CN(C)C(=O)c1ccc(-c2nc3c(C(N)=O)cccc3[nH]2)cc1. The molecule has 116 valence electrons. The second-order valence-corrected chi connectivity index (χ2v) is 5.43. The van der Waals surface area contributed by atoms with Crippen LogP contribution in [0.5, 0.6) is 0 Å². The third-order valence-electron chi connectivity index (χ3n) is 3.59. The van der Waals surface area contributed by atoms with Crippen molar-refractivity contribution in [3.05, 3.63) is 53.6 Å². The zero-order valence-corrected chi connectivity index (χ0v) is 12.8. The first kappa shape index (κ1) is 14.8. The standard InChI is InChI=1S/C17H16N4O2/c1-21(2)17(23)11-8-6-10(7-9-11)16-19-13-5-3-4-12(15(18)22)14(13)20-16/h3-9H,1-2H3,(H2,18,22)(H,19,20). The van der Waals surface area contributed by atoms with Crippen LogP contribution in [0.1, 0.15) is 20.7 Å². The molecule has 1 heterocycles. The average molecular weight is 308 g/mol. The number of hydrogen-bond donors (Lipinski definition) is 2. The summed E-state index contributed by atoms with van der Waals surface area (Å²) in [6.07, 6.45) is 0. The number of hydrogen-bond acceptors (Lipinski definition) is 3. The van der Waals surface area contributed by atoms with E-state index < -0.39 is 5.91 Å². The van der Waals surface area contributed by atoms with E-state index in [1.54, 1.807) is 38.4 Å². The minimum absolute atomic E-state index is 0.0582. The number of carbonyl (C=O) groups excluding carboxylic acids is 2. The van der Waals surface area contributed by atoms with Gasteiger partial charge >= 0.3 is 0 Å². The predicted octanol–water partition coefficient (Wildman–Crippen LogP) is 2.03. The molecule has 3 aromatic rings. The number of benzene rings is 2. The summed E-state index contributed by atoms with van der Waals surface area (Å²) in [5, 5.41) is 0. The highest BCUT2D eigenvalue weighted by atomic mass is 16.2. The van der Waals surface area contributed by atoms with Gasteiger partial charge in [-0.2, -0.15) is 0 Å². The first-order valence-corrected chi connectivity index (χ1v) is 7.08. The molecule has 0 aliphatic carbocycles. The Balaban J connectivity index is 2.02. The lowest BCUT2D eigenvalue weighted by molar-refractivity contribution is 0.0827. The van der Waals surface area contributed by atoms with Crippen molar-refractivity contribution >= 4 is 22.8 Å². The Morgan fingerprint density at radius 2 is 1.78 bits per heavy atom. The van der Waals surface area contributed by atoms with Crippen LogP contribution in [0.4, 0.5) is 0 Å². The van der Waals surface area contributed by atoms with Crippen molar-refractivity contribution in [1.82, 2.24) is 14.9 Å². The maximum atomic E-state index is 11.9. The normalized spacial score (nSPS) is 10.7. The molecule has 0 atom stereocenters. The third kappa shape index (κ3) is 2.66. The van der Waals surface area contributed by atoms with Gasteiger partial charge in [0.15, 0.2) is 0 Å². The van der Waals surface area contributed by atoms with Gasteiger partial charge < -0.3 is 15.6 Å². The van der Waals surface area contributed by atoms with Crippen LogP contribution in [0.15, 0.2) is 42.5 Å². The number of amides is 2. The Kier molecular flexibility index (Phi) is 3.57. The molecule has 0 aliphatic heterocycles. The predicted molar refractivity (Wildman–Crippen MR) is 88.1 cm³/mol. The molecule has 0 aliphatic rings. The maximum absolute atomic E-state index is 11.9. The summed E-state index contributed by atoms with van der Waals surface area (Å²) < 4.78 is 0. The van der Waals surface area contributed by atoms with Gasteiger partial charge in [0.2, 0.25) is 0 Å². The number of fused-ring (bicyclic) bond motifs is 1. The molecule has 2 amide bonds. The van der Waals surface area contributed by atoms with E-state index in [-0.39, 0.29) is 5.91 Å². The van der Waals surface area contributed by atoms with Crippen molar-refractivity contribution in [3.63, 3.8) is 0 Å². The van der Waals surface area contributed by atoms with Gasteiger partial charge in [-0.3, -0.25) is 9.59 Å². The van der Waals surface area contributed by atoms with Crippen LogP contribution >= 0.6 is 0 Å². The Bertz CT molecular complexity index is 895. The number of H-pyrrole nitrogens is 1. The molecule has 2 aromatic carbocycles. The average Bonchev–Trinajstić information content (AvgIpc) is 2.97. The highest BCUT2D eigenvalue weighted by Gasteiger charge is 2.13. The van der Waals surface area contributed by atoms with Gasteiger partial charge in [-0.25, -0.2) is 4.98 Å². The Labute approximate surface area is 132 Å². The van der Waals surface area contributed by atoms with E-state index in [9.17, 15) is 9.59 Å². The van der Waals surface area contributed by atoms with E-state index in [1.807, 2.05) is 18.2 Å². The molecule has 23 heavy (non-hydrogen) atoms. The molecule has 0 bridgehead atoms. The van der Waals surface area contributed by atoms with Crippen molar-refractivity contribution < 1.29 is 9.59 Å². The van der Waals surface area contributed by atoms with Crippen LogP contribution in [0, 0.1) is 0 Å². The van der Waals surface area contributed by atoms with Gasteiger partial charge in [0, 0.05) is 25.2 Å². The molecule has 6 heteroatoms. The highest BCUT2D eigenvalue weighted by Crippen LogP contribution is 2.23. The lowest BCUT2D eigenvalue weighted by Crippen LogP contribution is -2.21. The first-order valence-electron chi connectivity index (χ1n) is 7.08. The van der Waals surface area contributed by atoms with Crippen molar-refractivity contribution in [2.24, 2.45) is 5.73 Å². The van der Waals surface area contributed by atoms with Crippen LogP contribution in [-0.2, 0) is 0 Å². The maximum Gasteiger partial charge on any atom is 0.253 e. The molecule has 0 spiro atoms. The molecule has 1 aromatic heterocycles. The third-order valence-corrected chi connectivity index (χ3v) is 3.59. The van der Waals surface area contributed by atoms with Crippen LogP contribution in [-0.4, -0.2) is 40.8 Å². The summed E-state index contributed by atoms with van der Waals surface area (Å²) in [6.45, 7) is 0. The number of nitrogens with one attached hydrogen (secondary N) is 1. The number of aromatic nitrogens is 2. The van der Waals surface area contributed by atoms with Crippen molar-refractivity contribution in [2.75, 3.05) is 14.1 Å². The molecule has 0 saturated heterocycles. The summed E-state index contributed by atoms with van der Waals surface area (Å²) in [4.78, 5) is 32.5. The lowest BCUT2D eigenvalue weighted by atomic mass is 10.1. The molecular formula is C17H16N4O2. The zero-order chi connectivity index (χ0) is 16.6. The number of primary amides is 1. The number of imidazole rings is 1. The Hall–Kier alpha value is -3.15. The fourth-order valence-electron chi connectivity index (χ4n) is 2.40. The highest BCUT2D eigenvalue weighted by molar-refractivity contribution is 6.04. The van der Waals surface area contributed by atoms with E-state index in [0.717, 1.165) is 11.1 Å². The second kappa shape index (κ2) is 5.57. The number of carbonyl (C=O) groups is 2. The monoisotopic (exact) mass is 308 g/mol. The topological polar surface area (TPSA) is 92.1 Å². The Morgan fingerprint density at radius 1 is 1.09 bits per heavy atom. The van der Waals surface area contributed by atoms with Gasteiger partial charge in [-0.15, -0.1) is 0 Å². The van der Waals surface area contributed by atoms with Gasteiger partial charge in [0.05, 0.1) is 11.1 Å². The Morgan fingerprint density at radius 3 is 2.39 bits per heavy atom. The molecular weight excluding hydrogens is 292 g/mol. The van der Waals surface area contributed by atoms with Crippen molar-refractivity contribution in [2.45, 2.75) is 0 Å². The van der Waals surface area contributed by atoms with Gasteiger partial charge in [0.25, 0.3) is 11.8 Å². The quantitative estimate of drug-likeness (QED) is 0.775. The summed E-state index contributed by atoms with van der Waals surface area (Å²) >= 11 is 0. The van der Waals surface area contributed by atoms with Crippen molar-refractivity contribution in [1.29, 1.82) is 0 Å². The van der Waals surface area contributed by atoms with E-state index in [2.05, 4.69) is 9.97 Å². The van der Waals surface area contributed by atoms with E-state index in [1.165, 1.54) is 4.90 Å². The molecule has 3 N–H and O–H groups in total. The van der Waals surface area contributed by atoms with Crippen LogP contribution in [0.25, 0.3) is 22.4 Å². The van der Waals surface area contributed by atoms with Gasteiger partial charge in [0.1, 0.15) is 11.3 Å². The van der Waals surface area contributed by atoms with Crippen LogP contribution in [0.3, 0.4) is 0 Å². The summed E-state index contributed by atoms with van der Waals surface area (Å²) in [5.74, 6) is 0.0512. The summed E-state index contributed by atoms with van der Waals surface area (Å²) in [6, 6.07) is 12.4. The van der Waals surface area contributed by atoms with E-state index in [0.29, 0.717) is 22.5 Å². The number of rotatable bonds is 3. The van der Waals surface area contributed by atoms with E-state index >= 15 is 0 Å². The molecule has 0 fully saturated rings. The van der Waals surface area contributed by atoms with Crippen LogP contribution < -0.4 is 5.73 Å². The van der Waals surface area contributed by atoms with E-state index in [4.69, 9.17) is 5.73 Å². The number of aromatic amines is 1. The largest absolute Gasteiger partial charge is 0.366 e. The molecule has 3 rings (SSSR count). The summed E-state index contributed by atoms with van der Waals surface area (Å²) in [5.41, 5.74) is 8.47. The summed E-state index contributed by atoms with van der Waals surface area (Å²) in [7, 11) is 3.42. The van der Waals surface area contributed by atoms with Gasteiger partial charge in [-0.1, -0.05) is 18.2 Å². The number of nitrogens with two attached hydrogens (primary N) is 1. The minimum atomic E-state index is -0.513. The fourth-order valence-corrected chi connectivity index (χ4v) is 2.40. The number of para-hydroxylation sites is 1. The first-order chi connectivity index (χ1) is 11.0. The fraction of sp³-hybridized carbons (Fsp3) is 0.118. The lowest BCUT2D eigenvalue weighted by Gasteiger charge is -2.10. The molecule has 0 unspecified atom stereocenters. The van der Waals surface area contributed by atoms with Crippen LogP contribution in [0.2, 0.25) is 0 Å². The molecule has 0 radical (unpaired) electrons. The minimum Gasteiger partial charge on any atom is -0.366 e. The van der Waals surface area contributed by atoms with Crippen molar-refractivity contribution in [3.8, 4) is 11.4 Å².